The van der Waals surface area contributed by atoms with Gasteiger partial charge in [0.15, 0.2) is 0 Å². The summed E-state index contributed by atoms with van der Waals surface area (Å²) >= 11 is 0. The van der Waals surface area contributed by atoms with E-state index in [1.54, 1.807) is 0 Å². The molecule has 1 unspecified atom stereocenters. The minimum absolute atomic E-state index is 0.183. The summed E-state index contributed by atoms with van der Waals surface area (Å²) in [6.45, 7) is 2.18. The molecule has 0 amide bonds. The second kappa shape index (κ2) is 11.7. The highest BCUT2D eigenvalue weighted by Gasteiger charge is 2.26. The maximum absolute atomic E-state index is 6.79. The molecule has 1 saturated carbocycles. The van der Waals surface area contributed by atoms with Crippen molar-refractivity contribution in [3.63, 3.8) is 0 Å². The zero-order valence-electron chi connectivity index (χ0n) is 19.8. The van der Waals surface area contributed by atoms with Crippen LogP contribution in [0.3, 0.4) is 0 Å². The molecule has 4 rings (SSSR count). The number of allylic oxidation sites excluding steroid dienone is 1. The van der Waals surface area contributed by atoms with Gasteiger partial charge in [-0.3, -0.25) is 0 Å². The predicted octanol–water partition coefficient (Wildman–Crippen LogP) is 7.10. The van der Waals surface area contributed by atoms with Crippen molar-refractivity contribution in [2.75, 3.05) is 17.3 Å². The minimum Gasteiger partial charge on any atom is -0.366 e. The minimum atomic E-state index is -0.183. The Morgan fingerprint density at radius 1 is 1.00 bits per heavy atom. The van der Waals surface area contributed by atoms with Gasteiger partial charge in [0.25, 0.3) is 0 Å². The molecule has 0 radical (unpaired) electrons. The van der Waals surface area contributed by atoms with Crippen LogP contribution in [0.15, 0.2) is 101 Å². The third-order valence-electron chi connectivity index (χ3n) is 6.34. The standard InChI is InChI=1S/C29H35N3O/c1-23-13-12-21-31-29(32(2)25-16-8-4-9-17-25)28(23)27(33-26-18-10-5-11-19-26)20-22-30-24-14-6-3-7-15-24/h3-4,6-9,13-17,20-22,26-27,30H,5,10-12,18-19H2,1-2H3/b22-20+. The quantitative estimate of drug-likeness (QED) is 0.475. The molecule has 1 N–H and O–H groups in total. The van der Waals surface area contributed by atoms with Crippen LogP contribution in [0, 0.1) is 0 Å². The number of ether oxygens (including phenoxy) is 1. The Morgan fingerprint density at radius 2 is 1.70 bits per heavy atom. The summed E-state index contributed by atoms with van der Waals surface area (Å²) in [4.78, 5) is 7.08. The van der Waals surface area contributed by atoms with Crippen LogP contribution in [-0.4, -0.2) is 25.5 Å². The van der Waals surface area contributed by atoms with E-state index in [1.807, 2.05) is 36.7 Å². The van der Waals surface area contributed by atoms with Gasteiger partial charge in [0.05, 0.1) is 6.10 Å². The number of hydrogen-bond acceptors (Lipinski definition) is 4. The van der Waals surface area contributed by atoms with E-state index in [0.29, 0.717) is 0 Å². The van der Waals surface area contributed by atoms with E-state index in [-0.39, 0.29) is 12.2 Å². The Kier molecular flexibility index (Phi) is 8.15. The van der Waals surface area contributed by atoms with Gasteiger partial charge in [0.1, 0.15) is 11.9 Å². The van der Waals surface area contributed by atoms with Crippen molar-refractivity contribution in [1.29, 1.82) is 0 Å². The first-order valence-corrected chi connectivity index (χ1v) is 12.1. The van der Waals surface area contributed by atoms with Crippen LogP contribution in [0.2, 0.25) is 0 Å². The Balaban J connectivity index is 1.69. The van der Waals surface area contributed by atoms with Gasteiger partial charge in [-0.1, -0.05) is 61.7 Å². The molecule has 2 aliphatic rings. The summed E-state index contributed by atoms with van der Waals surface area (Å²) in [5.41, 5.74) is 4.52. The van der Waals surface area contributed by atoms with Crippen molar-refractivity contribution in [1.82, 2.24) is 0 Å². The Morgan fingerprint density at radius 3 is 2.42 bits per heavy atom. The van der Waals surface area contributed by atoms with Crippen LogP contribution in [-0.2, 0) is 4.74 Å². The van der Waals surface area contributed by atoms with Gasteiger partial charge in [-0.25, -0.2) is 4.99 Å². The van der Waals surface area contributed by atoms with Gasteiger partial charge >= 0.3 is 0 Å². The lowest BCUT2D eigenvalue weighted by atomic mass is 9.96. The fourth-order valence-electron chi connectivity index (χ4n) is 4.50. The Bertz CT molecular complexity index is 1000. The molecule has 4 nitrogen and oxygen atoms in total. The highest BCUT2D eigenvalue weighted by atomic mass is 16.5. The summed E-state index contributed by atoms with van der Waals surface area (Å²) in [5.74, 6) is 0.942. The van der Waals surface area contributed by atoms with E-state index in [9.17, 15) is 0 Å². The highest BCUT2D eigenvalue weighted by molar-refractivity contribution is 5.67. The lowest BCUT2D eigenvalue weighted by Crippen LogP contribution is -2.28. The number of hydrogen-bond donors (Lipinski definition) is 1. The van der Waals surface area contributed by atoms with Gasteiger partial charge in [-0.15, -0.1) is 0 Å². The largest absolute Gasteiger partial charge is 0.366 e. The third-order valence-corrected chi connectivity index (χ3v) is 6.34. The van der Waals surface area contributed by atoms with Crippen molar-refractivity contribution in [3.05, 3.63) is 96.0 Å². The molecule has 0 bridgehead atoms. The third kappa shape index (κ3) is 6.23. The second-order valence-electron chi connectivity index (χ2n) is 8.75. The molecule has 1 heterocycles. The molecule has 1 atom stereocenters. The van der Waals surface area contributed by atoms with Crippen molar-refractivity contribution in [2.24, 2.45) is 4.99 Å². The molecule has 4 heteroatoms. The maximum Gasteiger partial charge on any atom is 0.138 e. The van der Waals surface area contributed by atoms with Crippen LogP contribution in [0.4, 0.5) is 11.4 Å². The van der Waals surface area contributed by atoms with Crippen LogP contribution < -0.4 is 10.2 Å². The van der Waals surface area contributed by atoms with Gasteiger partial charge in [-0.2, -0.15) is 0 Å². The number of para-hydroxylation sites is 2. The van der Waals surface area contributed by atoms with Crippen molar-refractivity contribution in [3.8, 4) is 0 Å². The number of aliphatic imine (C=N–C) groups is 1. The molecule has 0 aromatic heterocycles. The molecular formula is C29H35N3O. The first-order chi connectivity index (χ1) is 16.2. The van der Waals surface area contributed by atoms with E-state index in [2.05, 4.69) is 72.7 Å². The fourth-order valence-corrected chi connectivity index (χ4v) is 4.50. The molecular weight excluding hydrogens is 406 g/mol. The predicted molar refractivity (Wildman–Crippen MR) is 140 cm³/mol. The van der Waals surface area contributed by atoms with Gasteiger partial charge in [0, 0.05) is 36.6 Å². The highest BCUT2D eigenvalue weighted by Crippen LogP contribution is 2.32. The van der Waals surface area contributed by atoms with Crippen LogP contribution in [0.1, 0.15) is 45.4 Å². The SMILES string of the molecule is CC1=CCC=NC(N(C)c2ccccc2)=C1C(/C=C/Nc1ccccc1)OC1CCCCC1. The van der Waals surface area contributed by atoms with Crippen LogP contribution in [0.5, 0.6) is 0 Å². The monoisotopic (exact) mass is 441 g/mol. The molecule has 1 fully saturated rings. The lowest BCUT2D eigenvalue weighted by Gasteiger charge is -2.30. The first-order valence-electron chi connectivity index (χ1n) is 12.1. The van der Waals surface area contributed by atoms with Crippen LogP contribution in [0.25, 0.3) is 0 Å². The van der Waals surface area contributed by atoms with Crippen molar-refractivity contribution < 1.29 is 4.74 Å². The molecule has 33 heavy (non-hydrogen) atoms. The van der Waals surface area contributed by atoms with Gasteiger partial charge < -0.3 is 15.0 Å². The molecule has 2 aromatic rings. The molecule has 0 saturated heterocycles. The summed E-state index contributed by atoms with van der Waals surface area (Å²) in [5, 5.41) is 3.40. The number of nitrogens with one attached hydrogen (secondary N) is 1. The van der Waals surface area contributed by atoms with E-state index >= 15 is 0 Å². The topological polar surface area (TPSA) is 36.9 Å². The van der Waals surface area contributed by atoms with E-state index in [0.717, 1.165) is 42.0 Å². The number of benzene rings is 2. The first kappa shape index (κ1) is 23.1. The summed E-state index contributed by atoms with van der Waals surface area (Å²) in [7, 11) is 2.09. The summed E-state index contributed by atoms with van der Waals surface area (Å²) in [6.07, 6.45) is 15.4. The number of rotatable bonds is 8. The van der Waals surface area contributed by atoms with Crippen LogP contribution >= 0.6 is 0 Å². The Labute approximate surface area is 198 Å². The molecule has 1 aliphatic heterocycles. The normalized spacial score (nSPS) is 18.2. The molecule has 172 valence electrons. The molecule has 1 aliphatic carbocycles. The molecule has 0 spiro atoms. The lowest BCUT2D eigenvalue weighted by molar-refractivity contribution is 0.00917. The average molecular weight is 442 g/mol. The zero-order chi connectivity index (χ0) is 22.9. The average Bonchev–Trinajstić information content (AvgIpc) is 3.06. The maximum atomic E-state index is 6.79. The van der Waals surface area contributed by atoms with E-state index in [4.69, 9.17) is 9.73 Å². The van der Waals surface area contributed by atoms with Gasteiger partial charge in [0.2, 0.25) is 0 Å². The second-order valence-corrected chi connectivity index (χ2v) is 8.75. The summed E-state index contributed by atoms with van der Waals surface area (Å²) in [6, 6.07) is 20.6. The Hall–Kier alpha value is -3.11. The van der Waals surface area contributed by atoms with Gasteiger partial charge in [-0.05, 0) is 61.9 Å². The smallest absolute Gasteiger partial charge is 0.138 e. The number of anilines is 2. The summed E-state index contributed by atoms with van der Waals surface area (Å²) < 4.78 is 6.79. The van der Waals surface area contributed by atoms with E-state index < -0.39 is 0 Å². The van der Waals surface area contributed by atoms with E-state index in [1.165, 1.54) is 24.8 Å². The zero-order valence-corrected chi connectivity index (χ0v) is 19.8. The molecule has 2 aromatic carbocycles. The fraction of sp³-hybridized carbons (Fsp3) is 0.345. The van der Waals surface area contributed by atoms with Crippen molar-refractivity contribution >= 4 is 17.6 Å². The number of nitrogens with zero attached hydrogens (tertiary/aromatic N) is 2. The van der Waals surface area contributed by atoms with Crippen molar-refractivity contribution in [2.45, 2.75) is 57.7 Å².